The van der Waals surface area contributed by atoms with Crippen LogP contribution in [0, 0.1) is 10.1 Å². The van der Waals surface area contributed by atoms with Crippen molar-refractivity contribution >= 4 is 17.5 Å². The molecule has 22 heavy (non-hydrogen) atoms. The maximum Gasteiger partial charge on any atom is 0.279 e. The zero-order valence-corrected chi connectivity index (χ0v) is 12.2. The number of hydrogen-bond acceptors (Lipinski definition) is 6. The first-order valence-electron chi connectivity index (χ1n) is 6.51. The van der Waals surface area contributed by atoms with Gasteiger partial charge in [-0.2, -0.15) is 0 Å². The largest absolute Gasteiger partial charge is 0.481 e. The van der Waals surface area contributed by atoms with E-state index in [1.807, 2.05) is 0 Å². The molecule has 0 spiro atoms. The molecule has 0 aromatic heterocycles. The molecule has 1 unspecified atom stereocenters. The fourth-order valence-electron chi connectivity index (χ4n) is 1.37. The van der Waals surface area contributed by atoms with Crippen LogP contribution in [0.4, 0.5) is 5.69 Å². The van der Waals surface area contributed by atoms with Crippen LogP contribution in [0.1, 0.15) is 13.8 Å². The first kappa shape index (κ1) is 17.4. The van der Waals surface area contributed by atoms with Crippen molar-refractivity contribution in [1.29, 1.82) is 0 Å². The molecule has 0 bridgehead atoms. The Hall–Kier alpha value is -2.68. The summed E-state index contributed by atoms with van der Waals surface area (Å²) in [6.07, 6.45) is -0.895. The molecular weight excluding hydrogens is 294 g/mol. The molecule has 0 aliphatic rings. The zero-order chi connectivity index (χ0) is 16.5. The summed E-state index contributed by atoms with van der Waals surface area (Å²) in [5.41, 5.74) is 4.29. The number of carbonyl (C=O) groups excluding carboxylic acids is 2. The molecule has 9 nitrogen and oxygen atoms in total. The van der Waals surface area contributed by atoms with Crippen molar-refractivity contribution < 1.29 is 24.0 Å². The molecule has 0 aliphatic heterocycles. The number of rotatable bonds is 7. The van der Waals surface area contributed by atoms with Crippen LogP contribution >= 0.6 is 0 Å². The third-order valence-corrected chi connectivity index (χ3v) is 2.49. The van der Waals surface area contributed by atoms with Gasteiger partial charge in [0, 0.05) is 18.7 Å². The molecule has 2 N–H and O–H groups in total. The molecule has 2 amide bonds. The molecule has 0 saturated heterocycles. The average Bonchev–Trinajstić information content (AvgIpc) is 2.50. The lowest BCUT2D eigenvalue weighted by molar-refractivity contribution is -0.384. The van der Waals surface area contributed by atoms with E-state index in [9.17, 15) is 19.7 Å². The summed E-state index contributed by atoms with van der Waals surface area (Å²) in [4.78, 5) is 32.9. The van der Waals surface area contributed by atoms with Gasteiger partial charge in [-0.3, -0.25) is 30.6 Å². The highest BCUT2D eigenvalue weighted by Gasteiger charge is 2.16. The third kappa shape index (κ3) is 5.75. The molecule has 9 heteroatoms. The third-order valence-electron chi connectivity index (χ3n) is 2.49. The molecular formula is C13H17N3O6. The van der Waals surface area contributed by atoms with Gasteiger partial charge in [-0.25, -0.2) is 0 Å². The summed E-state index contributed by atoms with van der Waals surface area (Å²) >= 11 is 0. The Morgan fingerprint density at radius 2 is 1.91 bits per heavy atom. The lowest BCUT2D eigenvalue weighted by Crippen LogP contribution is -2.48. The fraction of sp³-hybridized carbons (Fsp3) is 0.385. The topological polar surface area (TPSA) is 120 Å². The van der Waals surface area contributed by atoms with Crippen molar-refractivity contribution in [1.82, 2.24) is 10.9 Å². The Kier molecular flexibility index (Phi) is 6.77. The summed E-state index contributed by atoms with van der Waals surface area (Å²) in [6.45, 7) is 3.45. The zero-order valence-electron chi connectivity index (χ0n) is 12.2. The van der Waals surface area contributed by atoms with Crippen molar-refractivity contribution in [3.63, 3.8) is 0 Å². The highest BCUT2D eigenvalue weighted by molar-refractivity contribution is 5.85. The van der Waals surface area contributed by atoms with E-state index in [0.717, 1.165) is 0 Å². The first-order valence-corrected chi connectivity index (χ1v) is 6.51. The number of hydrazine groups is 1. The second kappa shape index (κ2) is 8.57. The number of nitrogens with one attached hydrogen (secondary N) is 2. The maximum absolute atomic E-state index is 11.7. The van der Waals surface area contributed by atoms with Crippen LogP contribution in [0.5, 0.6) is 5.75 Å². The lowest BCUT2D eigenvalue weighted by Gasteiger charge is -2.15. The number of benzene rings is 1. The molecule has 120 valence electrons. The van der Waals surface area contributed by atoms with Crippen molar-refractivity contribution in [2.75, 3.05) is 13.2 Å². The van der Waals surface area contributed by atoms with Crippen molar-refractivity contribution in [2.45, 2.75) is 20.0 Å². The lowest BCUT2D eigenvalue weighted by atomic mass is 10.3. The molecule has 0 aliphatic carbocycles. The second-order valence-corrected chi connectivity index (χ2v) is 4.19. The summed E-state index contributed by atoms with van der Waals surface area (Å²) in [7, 11) is 0. The number of non-ortho nitro benzene ring substituents is 1. The van der Waals surface area contributed by atoms with E-state index in [2.05, 4.69) is 10.9 Å². The Morgan fingerprint density at radius 3 is 2.45 bits per heavy atom. The highest BCUT2D eigenvalue weighted by Crippen LogP contribution is 2.18. The smallest absolute Gasteiger partial charge is 0.279 e. The number of nitro benzene ring substituents is 1. The molecule has 0 fully saturated rings. The Labute approximate surface area is 126 Å². The first-order chi connectivity index (χ1) is 10.4. The number of nitrogens with zero attached hydrogens (tertiary/aromatic N) is 1. The molecule has 1 rings (SSSR count). The van der Waals surface area contributed by atoms with Crippen LogP contribution in [-0.4, -0.2) is 36.1 Å². The van der Waals surface area contributed by atoms with Gasteiger partial charge in [-0.05, 0) is 26.0 Å². The summed E-state index contributed by atoms with van der Waals surface area (Å²) < 4.78 is 10.2. The van der Waals surface area contributed by atoms with Gasteiger partial charge in [-0.1, -0.05) is 0 Å². The summed E-state index contributed by atoms with van der Waals surface area (Å²) in [5, 5.41) is 10.5. The summed E-state index contributed by atoms with van der Waals surface area (Å²) in [5.74, 6) is -0.755. The van der Waals surface area contributed by atoms with E-state index in [1.165, 1.54) is 31.2 Å². The quantitative estimate of drug-likeness (QED) is 0.560. The molecule has 1 aromatic rings. The van der Waals surface area contributed by atoms with E-state index in [1.54, 1.807) is 6.92 Å². The minimum Gasteiger partial charge on any atom is -0.481 e. The molecule has 1 atom stereocenters. The van der Waals surface area contributed by atoms with Gasteiger partial charge < -0.3 is 9.47 Å². The van der Waals surface area contributed by atoms with Crippen molar-refractivity contribution in [3.05, 3.63) is 34.4 Å². The number of carbonyl (C=O) groups is 2. The molecule has 0 heterocycles. The van der Waals surface area contributed by atoms with Crippen LogP contribution in [0.2, 0.25) is 0 Å². The van der Waals surface area contributed by atoms with E-state index >= 15 is 0 Å². The van der Waals surface area contributed by atoms with E-state index in [0.29, 0.717) is 12.4 Å². The van der Waals surface area contributed by atoms with E-state index < -0.39 is 22.8 Å². The van der Waals surface area contributed by atoms with E-state index in [-0.39, 0.29) is 12.3 Å². The predicted molar refractivity (Wildman–Crippen MR) is 76.0 cm³/mol. The Balaban J connectivity index is 2.43. The van der Waals surface area contributed by atoms with Crippen LogP contribution in [0.15, 0.2) is 24.3 Å². The van der Waals surface area contributed by atoms with Crippen molar-refractivity contribution in [2.24, 2.45) is 0 Å². The second-order valence-electron chi connectivity index (χ2n) is 4.19. The number of amides is 2. The highest BCUT2D eigenvalue weighted by atomic mass is 16.6. The molecule has 0 radical (unpaired) electrons. The number of ether oxygens (including phenoxy) is 2. The predicted octanol–water partition coefficient (Wildman–Crippen LogP) is 0.546. The van der Waals surface area contributed by atoms with Gasteiger partial charge in [0.25, 0.3) is 17.5 Å². The van der Waals surface area contributed by atoms with Crippen LogP contribution < -0.4 is 15.6 Å². The average molecular weight is 311 g/mol. The van der Waals surface area contributed by atoms with Gasteiger partial charge >= 0.3 is 0 Å². The SMILES string of the molecule is CCOCC(=O)NNC(=O)C(C)Oc1ccc([N+](=O)[O-])cc1. The van der Waals surface area contributed by atoms with Gasteiger partial charge in [-0.15, -0.1) is 0 Å². The van der Waals surface area contributed by atoms with Gasteiger partial charge in [0.1, 0.15) is 12.4 Å². The fourth-order valence-corrected chi connectivity index (χ4v) is 1.37. The van der Waals surface area contributed by atoms with Gasteiger partial charge in [0.05, 0.1) is 4.92 Å². The maximum atomic E-state index is 11.7. The van der Waals surface area contributed by atoms with Crippen LogP contribution in [0.25, 0.3) is 0 Å². The monoisotopic (exact) mass is 311 g/mol. The normalized spacial score (nSPS) is 11.4. The Morgan fingerprint density at radius 1 is 1.27 bits per heavy atom. The minimum atomic E-state index is -0.895. The molecule has 0 saturated carbocycles. The number of hydrogen-bond donors (Lipinski definition) is 2. The number of nitro groups is 1. The van der Waals surface area contributed by atoms with Gasteiger partial charge in [0.2, 0.25) is 0 Å². The van der Waals surface area contributed by atoms with E-state index in [4.69, 9.17) is 9.47 Å². The Bertz CT molecular complexity index is 531. The van der Waals surface area contributed by atoms with Crippen LogP contribution in [-0.2, 0) is 14.3 Å². The standard InChI is InChI=1S/C13H17N3O6/c1-3-21-8-12(17)14-15-13(18)9(2)22-11-6-4-10(5-7-11)16(19)20/h4-7,9H,3,8H2,1-2H3,(H,14,17)(H,15,18). The summed E-state index contributed by atoms with van der Waals surface area (Å²) in [6, 6.07) is 5.30. The minimum absolute atomic E-state index is 0.0763. The van der Waals surface area contributed by atoms with Crippen molar-refractivity contribution in [3.8, 4) is 5.75 Å². The van der Waals surface area contributed by atoms with Gasteiger partial charge in [0.15, 0.2) is 6.10 Å². The van der Waals surface area contributed by atoms with Crippen LogP contribution in [0.3, 0.4) is 0 Å². The molecule has 1 aromatic carbocycles.